The molecule has 0 saturated carbocycles. The van der Waals surface area contributed by atoms with Crippen LogP contribution in [0.15, 0.2) is 126 Å². The van der Waals surface area contributed by atoms with Crippen LogP contribution in [0, 0.1) is 10.5 Å². The zero-order chi connectivity index (χ0) is 31.2. The lowest BCUT2D eigenvalue weighted by Gasteiger charge is -2.15. The Kier molecular flexibility index (Phi) is 9.26. The third kappa shape index (κ3) is 6.78. The summed E-state index contributed by atoms with van der Waals surface area (Å²) in [6.45, 7) is 4.91. The van der Waals surface area contributed by atoms with Crippen molar-refractivity contribution in [2.24, 2.45) is 5.10 Å². The third-order valence-electron chi connectivity index (χ3n) is 7.50. The van der Waals surface area contributed by atoms with Crippen molar-refractivity contribution in [3.63, 3.8) is 0 Å². The number of hydrogen-bond acceptors (Lipinski definition) is 4. The van der Waals surface area contributed by atoms with Gasteiger partial charge in [0, 0.05) is 16.9 Å². The minimum atomic E-state index is -0.292. The van der Waals surface area contributed by atoms with Gasteiger partial charge in [0.2, 0.25) is 0 Å². The van der Waals surface area contributed by atoms with E-state index in [0.717, 1.165) is 37.3 Å². The molecule has 5 aromatic carbocycles. The molecule has 6 rings (SSSR count). The smallest absolute Gasteiger partial charge is 0.271 e. The first kappa shape index (κ1) is 30.1. The van der Waals surface area contributed by atoms with E-state index in [0.29, 0.717) is 30.3 Å². The summed E-state index contributed by atoms with van der Waals surface area (Å²) in [4.78, 5) is 12.9. The van der Waals surface area contributed by atoms with E-state index in [1.165, 1.54) is 10.8 Å². The second kappa shape index (κ2) is 13.8. The largest absolute Gasteiger partial charge is 0.490 e. The fourth-order valence-corrected chi connectivity index (χ4v) is 6.12. The first-order chi connectivity index (χ1) is 22.0. The van der Waals surface area contributed by atoms with E-state index in [4.69, 9.17) is 9.47 Å². The predicted molar refractivity (Wildman–Crippen MR) is 190 cm³/mol. The van der Waals surface area contributed by atoms with Gasteiger partial charge in [-0.05, 0) is 112 Å². The average molecular weight is 706 g/mol. The van der Waals surface area contributed by atoms with E-state index in [1.807, 2.05) is 79.7 Å². The molecule has 0 bridgehead atoms. The second-order valence-corrected chi connectivity index (χ2v) is 11.7. The number of aromatic nitrogens is 1. The summed E-state index contributed by atoms with van der Waals surface area (Å²) >= 11 is 2.25. The molecule has 0 aliphatic heterocycles. The van der Waals surface area contributed by atoms with Crippen LogP contribution >= 0.6 is 22.6 Å². The first-order valence-corrected chi connectivity index (χ1v) is 15.8. The first-order valence-electron chi connectivity index (χ1n) is 14.7. The van der Waals surface area contributed by atoms with Gasteiger partial charge in [-0.2, -0.15) is 5.10 Å². The normalized spacial score (nSPS) is 11.2. The number of carbonyl (C=O) groups is 1. The van der Waals surface area contributed by atoms with Crippen LogP contribution < -0.4 is 14.9 Å². The predicted octanol–water partition coefficient (Wildman–Crippen LogP) is 8.95. The van der Waals surface area contributed by atoms with Crippen LogP contribution in [0.4, 0.5) is 0 Å². The number of nitrogens with one attached hydrogen (secondary N) is 1. The highest BCUT2D eigenvalue weighted by atomic mass is 127. The maximum absolute atomic E-state index is 12.9. The Bertz CT molecular complexity index is 1980. The number of aryl methyl sites for hydroxylation is 1. The van der Waals surface area contributed by atoms with Gasteiger partial charge in [0.1, 0.15) is 6.61 Å². The van der Waals surface area contributed by atoms with Gasteiger partial charge in [0.05, 0.1) is 22.1 Å². The maximum atomic E-state index is 12.9. The Balaban J connectivity index is 1.14. The number of nitrogens with zero attached hydrogens (tertiary/aromatic N) is 2. The van der Waals surface area contributed by atoms with Crippen molar-refractivity contribution in [1.82, 2.24) is 9.99 Å². The number of hydrogen-bond donors (Lipinski definition) is 1. The van der Waals surface area contributed by atoms with Crippen LogP contribution in [-0.2, 0) is 6.61 Å². The standard InChI is InChI=1S/C38H32IN3O3/c1-3-44-36-23-27(22-34(39)37(36)45-25-31-14-9-13-28-10-7-8-15-33(28)31)24-40-41-38(43)30-17-19-32(20-18-30)42-26(2)16-21-35(42)29-11-5-4-6-12-29/h4-24H,3,25H2,1-2H3,(H,41,43)/b40-24+. The highest BCUT2D eigenvalue weighted by Crippen LogP contribution is 2.35. The summed E-state index contributed by atoms with van der Waals surface area (Å²) in [6, 6.07) is 40.3. The van der Waals surface area contributed by atoms with Crippen molar-refractivity contribution in [2.45, 2.75) is 20.5 Å². The van der Waals surface area contributed by atoms with Crippen LogP contribution in [0.5, 0.6) is 11.5 Å². The number of fused-ring (bicyclic) bond motifs is 1. The summed E-state index contributed by atoms with van der Waals surface area (Å²) in [5, 5.41) is 6.57. The van der Waals surface area contributed by atoms with Gasteiger partial charge in [-0.1, -0.05) is 72.8 Å². The summed E-state index contributed by atoms with van der Waals surface area (Å²) in [5.74, 6) is 1.02. The quantitative estimate of drug-likeness (QED) is 0.0880. The van der Waals surface area contributed by atoms with E-state index < -0.39 is 0 Å². The molecule has 1 amide bonds. The number of amides is 1. The Labute approximate surface area is 276 Å². The minimum Gasteiger partial charge on any atom is -0.490 e. The highest BCUT2D eigenvalue weighted by molar-refractivity contribution is 14.1. The van der Waals surface area contributed by atoms with E-state index in [2.05, 4.69) is 93.1 Å². The molecular formula is C38H32IN3O3. The zero-order valence-electron chi connectivity index (χ0n) is 25.0. The minimum absolute atomic E-state index is 0.292. The Morgan fingerprint density at radius 3 is 2.42 bits per heavy atom. The molecule has 7 heteroatoms. The molecule has 45 heavy (non-hydrogen) atoms. The van der Waals surface area contributed by atoms with Gasteiger partial charge in [-0.25, -0.2) is 5.43 Å². The van der Waals surface area contributed by atoms with Crippen molar-refractivity contribution in [3.8, 4) is 28.4 Å². The van der Waals surface area contributed by atoms with Crippen molar-refractivity contribution in [3.05, 3.63) is 147 Å². The number of ether oxygens (including phenoxy) is 2. The van der Waals surface area contributed by atoms with Crippen LogP contribution in [0.25, 0.3) is 27.7 Å². The van der Waals surface area contributed by atoms with Crippen molar-refractivity contribution in [1.29, 1.82) is 0 Å². The fourth-order valence-electron chi connectivity index (χ4n) is 5.34. The molecule has 224 valence electrons. The van der Waals surface area contributed by atoms with Gasteiger partial charge in [-0.3, -0.25) is 4.79 Å². The molecule has 0 unspecified atom stereocenters. The van der Waals surface area contributed by atoms with Gasteiger partial charge in [0.15, 0.2) is 11.5 Å². The maximum Gasteiger partial charge on any atom is 0.271 e. The second-order valence-electron chi connectivity index (χ2n) is 10.5. The molecule has 6 aromatic rings. The molecular weight excluding hydrogens is 673 g/mol. The van der Waals surface area contributed by atoms with Crippen molar-refractivity contribution >= 4 is 45.5 Å². The van der Waals surface area contributed by atoms with Crippen molar-refractivity contribution in [2.75, 3.05) is 6.61 Å². The van der Waals surface area contributed by atoms with Gasteiger partial charge >= 0.3 is 0 Å². The molecule has 0 fully saturated rings. The summed E-state index contributed by atoms with van der Waals surface area (Å²) < 4.78 is 15.3. The van der Waals surface area contributed by atoms with Gasteiger partial charge in [0.25, 0.3) is 5.91 Å². The molecule has 1 aromatic heterocycles. The highest BCUT2D eigenvalue weighted by Gasteiger charge is 2.14. The summed E-state index contributed by atoms with van der Waals surface area (Å²) in [7, 11) is 0. The van der Waals surface area contributed by atoms with Crippen molar-refractivity contribution < 1.29 is 14.3 Å². The molecule has 0 atom stereocenters. The topological polar surface area (TPSA) is 64.8 Å². The molecule has 0 aliphatic carbocycles. The Hall–Kier alpha value is -4.89. The molecule has 1 N–H and O–H groups in total. The van der Waals surface area contributed by atoms with E-state index in [9.17, 15) is 4.79 Å². The van der Waals surface area contributed by atoms with Crippen LogP contribution in [0.3, 0.4) is 0 Å². The fraction of sp³-hybridized carbons (Fsp3) is 0.105. The number of rotatable bonds is 10. The molecule has 1 heterocycles. The van der Waals surface area contributed by atoms with Crippen LogP contribution in [0.2, 0.25) is 0 Å². The van der Waals surface area contributed by atoms with Crippen LogP contribution in [0.1, 0.15) is 34.1 Å². The Morgan fingerprint density at radius 2 is 1.62 bits per heavy atom. The van der Waals surface area contributed by atoms with E-state index in [1.54, 1.807) is 6.21 Å². The molecule has 0 aliphatic rings. The number of hydrazone groups is 1. The molecule has 0 saturated heterocycles. The lowest BCUT2D eigenvalue weighted by atomic mass is 10.1. The zero-order valence-corrected chi connectivity index (χ0v) is 27.2. The lowest BCUT2D eigenvalue weighted by Crippen LogP contribution is -2.17. The molecule has 0 radical (unpaired) electrons. The summed E-state index contributed by atoms with van der Waals surface area (Å²) in [5.41, 5.74) is 9.38. The SMILES string of the molecule is CCOc1cc(/C=N/NC(=O)c2ccc(-n3c(C)ccc3-c3ccccc3)cc2)cc(I)c1OCc1cccc2ccccc12. The third-order valence-corrected chi connectivity index (χ3v) is 8.30. The van der Waals surface area contributed by atoms with Crippen LogP contribution in [-0.4, -0.2) is 23.3 Å². The number of benzene rings is 5. The van der Waals surface area contributed by atoms with Gasteiger partial charge in [-0.15, -0.1) is 0 Å². The average Bonchev–Trinajstić information content (AvgIpc) is 3.46. The van der Waals surface area contributed by atoms with E-state index >= 15 is 0 Å². The van der Waals surface area contributed by atoms with E-state index in [-0.39, 0.29) is 5.91 Å². The molecule has 0 spiro atoms. The number of carbonyl (C=O) groups excluding carboxylic acids is 1. The number of halogens is 1. The monoisotopic (exact) mass is 705 g/mol. The lowest BCUT2D eigenvalue weighted by molar-refractivity contribution is 0.0955. The molecule has 6 nitrogen and oxygen atoms in total. The Morgan fingerprint density at radius 1 is 0.867 bits per heavy atom. The summed E-state index contributed by atoms with van der Waals surface area (Å²) in [6.07, 6.45) is 1.61. The van der Waals surface area contributed by atoms with Gasteiger partial charge < -0.3 is 14.0 Å².